The second-order valence-corrected chi connectivity index (χ2v) is 8.97. The number of rotatable bonds is 8. The maximum absolute atomic E-state index is 12.5. The molecular weight excluding hydrogens is 420 g/mol. The number of benzene rings is 3. The molecule has 0 bridgehead atoms. The first-order chi connectivity index (χ1) is 15.8. The van der Waals surface area contributed by atoms with E-state index in [4.69, 9.17) is 18.9 Å². The molecule has 6 heteroatoms. The van der Waals surface area contributed by atoms with Gasteiger partial charge in [0.05, 0.1) is 13.2 Å². The SMILES string of the molecule is Cc1cccc2c(OC(=O)OCCC(C)C)c3ccccc3c(OC(=O)OCCC(C)C)c12. The zero-order chi connectivity index (χ0) is 24.0. The van der Waals surface area contributed by atoms with Gasteiger partial charge in [0.15, 0.2) is 5.75 Å². The molecule has 0 amide bonds. The molecule has 0 aromatic heterocycles. The first-order valence-electron chi connectivity index (χ1n) is 11.4. The van der Waals surface area contributed by atoms with Gasteiger partial charge in [-0.05, 0) is 37.2 Å². The Balaban J connectivity index is 2.02. The van der Waals surface area contributed by atoms with Gasteiger partial charge in [-0.3, -0.25) is 0 Å². The molecule has 0 N–H and O–H groups in total. The van der Waals surface area contributed by atoms with Gasteiger partial charge in [-0.1, -0.05) is 70.2 Å². The number of ether oxygens (including phenoxy) is 4. The van der Waals surface area contributed by atoms with E-state index < -0.39 is 12.3 Å². The van der Waals surface area contributed by atoms with E-state index in [-0.39, 0.29) is 13.2 Å². The molecule has 0 spiro atoms. The molecule has 33 heavy (non-hydrogen) atoms. The van der Waals surface area contributed by atoms with Crippen molar-refractivity contribution in [3.63, 3.8) is 0 Å². The average molecular weight is 453 g/mol. The fourth-order valence-electron chi connectivity index (χ4n) is 3.51. The van der Waals surface area contributed by atoms with Gasteiger partial charge in [-0.15, -0.1) is 0 Å². The number of hydrogen-bond donors (Lipinski definition) is 0. The van der Waals surface area contributed by atoms with Crippen LogP contribution in [0.5, 0.6) is 11.5 Å². The van der Waals surface area contributed by atoms with Crippen molar-refractivity contribution < 1.29 is 28.5 Å². The molecular formula is C27H32O6. The van der Waals surface area contributed by atoms with Crippen molar-refractivity contribution in [2.75, 3.05) is 13.2 Å². The third kappa shape index (κ3) is 6.15. The summed E-state index contributed by atoms with van der Waals surface area (Å²) in [6, 6.07) is 13.0. The standard InChI is InChI=1S/C27H32O6/c1-17(2)13-15-30-26(28)32-24-20-10-6-7-11-21(20)25(23-19(5)9-8-12-22(23)24)33-27(29)31-16-14-18(3)4/h6-12,17-18H,13-16H2,1-5H3. The summed E-state index contributed by atoms with van der Waals surface area (Å²) in [5.74, 6) is 1.59. The normalized spacial score (nSPS) is 11.2. The lowest BCUT2D eigenvalue weighted by Crippen LogP contribution is -2.14. The molecule has 0 radical (unpaired) electrons. The van der Waals surface area contributed by atoms with Crippen LogP contribution in [0, 0.1) is 18.8 Å². The van der Waals surface area contributed by atoms with Gasteiger partial charge in [-0.25, -0.2) is 9.59 Å². The number of fused-ring (bicyclic) bond motifs is 2. The van der Waals surface area contributed by atoms with Gasteiger partial charge >= 0.3 is 12.3 Å². The molecule has 0 fully saturated rings. The van der Waals surface area contributed by atoms with Crippen LogP contribution in [0.25, 0.3) is 21.5 Å². The summed E-state index contributed by atoms with van der Waals surface area (Å²) in [6.07, 6.45) is -0.0135. The second kappa shape index (κ2) is 11.0. The highest BCUT2D eigenvalue weighted by molar-refractivity contribution is 6.13. The Morgan fingerprint density at radius 2 is 1.18 bits per heavy atom. The molecule has 0 aliphatic rings. The molecule has 3 rings (SSSR count). The van der Waals surface area contributed by atoms with Crippen molar-refractivity contribution >= 4 is 33.9 Å². The number of carbonyl (C=O) groups is 2. The zero-order valence-corrected chi connectivity index (χ0v) is 20.0. The van der Waals surface area contributed by atoms with Gasteiger partial charge in [-0.2, -0.15) is 0 Å². The van der Waals surface area contributed by atoms with Gasteiger partial charge in [0.25, 0.3) is 0 Å². The van der Waals surface area contributed by atoms with Crippen molar-refractivity contribution in [3.8, 4) is 11.5 Å². The summed E-state index contributed by atoms with van der Waals surface area (Å²) in [4.78, 5) is 24.9. The van der Waals surface area contributed by atoms with Gasteiger partial charge < -0.3 is 18.9 Å². The number of carbonyl (C=O) groups excluding carboxylic acids is 2. The van der Waals surface area contributed by atoms with Crippen molar-refractivity contribution in [3.05, 3.63) is 48.0 Å². The lowest BCUT2D eigenvalue weighted by molar-refractivity contribution is 0.0940. The highest BCUT2D eigenvalue weighted by Gasteiger charge is 2.22. The summed E-state index contributed by atoms with van der Waals surface area (Å²) in [7, 11) is 0. The molecule has 0 aliphatic carbocycles. The molecule has 0 atom stereocenters. The van der Waals surface area contributed by atoms with Gasteiger partial charge in [0.2, 0.25) is 0 Å². The van der Waals surface area contributed by atoms with E-state index in [0.717, 1.165) is 18.4 Å². The molecule has 0 heterocycles. The lowest BCUT2D eigenvalue weighted by atomic mass is 9.97. The zero-order valence-electron chi connectivity index (χ0n) is 20.0. The fraction of sp³-hybridized carbons (Fsp3) is 0.407. The van der Waals surface area contributed by atoms with Crippen molar-refractivity contribution in [2.24, 2.45) is 11.8 Å². The largest absolute Gasteiger partial charge is 0.513 e. The average Bonchev–Trinajstić information content (AvgIpc) is 2.75. The van der Waals surface area contributed by atoms with Crippen LogP contribution in [0.4, 0.5) is 9.59 Å². The topological polar surface area (TPSA) is 71.1 Å². The summed E-state index contributed by atoms with van der Waals surface area (Å²) in [5, 5.41) is 2.62. The van der Waals surface area contributed by atoms with E-state index in [2.05, 4.69) is 27.7 Å². The Bertz CT molecular complexity index is 1130. The van der Waals surface area contributed by atoms with E-state index in [0.29, 0.717) is 44.9 Å². The molecule has 6 nitrogen and oxygen atoms in total. The van der Waals surface area contributed by atoms with Crippen molar-refractivity contribution in [2.45, 2.75) is 47.5 Å². The minimum Gasteiger partial charge on any atom is -0.434 e. The molecule has 0 aliphatic heterocycles. The van der Waals surface area contributed by atoms with Crippen molar-refractivity contribution in [1.29, 1.82) is 0 Å². The number of hydrogen-bond acceptors (Lipinski definition) is 6. The minimum atomic E-state index is -0.759. The highest BCUT2D eigenvalue weighted by Crippen LogP contribution is 2.44. The smallest absolute Gasteiger partial charge is 0.434 e. The molecule has 3 aromatic carbocycles. The predicted octanol–water partition coefficient (Wildman–Crippen LogP) is 7.42. The first-order valence-corrected chi connectivity index (χ1v) is 11.4. The monoisotopic (exact) mass is 452 g/mol. The highest BCUT2D eigenvalue weighted by atomic mass is 16.7. The van der Waals surface area contributed by atoms with Gasteiger partial charge in [0, 0.05) is 21.5 Å². The van der Waals surface area contributed by atoms with Crippen LogP contribution >= 0.6 is 0 Å². The summed E-state index contributed by atoms with van der Waals surface area (Å²) in [5.41, 5.74) is 0.876. The van der Waals surface area contributed by atoms with E-state index in [1.807, 2.05) is 49.4 Å². The summed E-state index contributed by atoms with van der Waals surface area (Å²) >= 11 is 0. The molecule has 0 saturated heterocycles. The van der Waals surface area contributed by atoms with Crippen LogP contribution in [0.2, 0.25) is 0 Å². The van der Waals surface area contributed by atoms with Crippen LogP contribution < -0.4 is 9.47 Å². The molecule has 0 unspecified atom stereocenters. The minimum absolute atomic E-state index is 0.286. The summed E-state index contributed by atoms with van der Waals surface area (Å²) < 4.78 is 22.0. The first kappa shape index (κ1) is 24.4. The Kier molecular flexibility index (Phi) is 8.15. The summed E-state index contributed by atoms with van der Waals surface area (Å²) in [6.45, 7) is 10.7. The fourth-order valence-corrected chi connectivity index (χ4v) is 3.51. The number of aryl methyl sites for hydroxylation is 1. The van der Waals surface area contributed by atoms with Crippen LogP contribution in [0.3, 0.4) is 0 Å². The Hall–Kier alpha value is -3.28. The van der Waals surface area contributed by atoms with Crippen LogP contribution in [0.1, 0.15) is 46.1 Å². The second-order valence-electron chi connectivity index (χ2n) is 8.97. The molecule has 3 aromatic rings. The maximum atomic E-state index is 12.5. The Morgan fingerprint density at radius 3 is 1.73 bits per heavy atom. The Labute approximate surface area is 194 Å². The maximum Gasteiger partial charge on any atom is 0.513 e. The molecule has 176 valence electrons. The van der Waals surface area contributed by atoms with Crippen LogP contribution in [0.15, 0.2) is 42.5 Å². The van der Waals surface area contributed by atoms with E-state index in [1.165, 1.54) is 0 Å². The third-order valence-electron chi connectivity index (χ3n) is 5.36. The van der Waals surface area contributed by atoms with Gasteiger partial charge in [0.1, 0.15) is 5.75 Å². The van der Waals surface area contributed by atoms with Crippen LogP contribution in [-0.4, -0.2) is 25.5 Å². The third-order valence-corrected chi connectivity index (χ3v) is 5.36. The van der Waals surface area contributed by atoms with E-state index in [9.17, 15) is 9.59 Å². The lowest BCUT2D eigenvalue weighted by Gasteiger charge is -2.17. The van der Waals surface area contributed by atoms with E-state index >= 15 is 0 Å². The predicted molar refractivity (Wildman–Crippen MR) is 129 cm³/mol. The van der Waals surface area contributed by atoms with E-state index in [1.54, 1.807) is 0 Å². The Morgan fingerprint density at radius 1 is 0.697 bits per heavy atom. The van der Waals surface area contributed by atoms with Crippen molar-refractivity contribution in [1.82, 2.24) is 0 Å². The van der Waals surface area contributed by atoms with Crippen LogP contribution in [-0.2, 0) is 9.47 Å². The molecule has 0 saturated carbocycles. The quantitative estimate of drug-likeness (QED) is 0.201.